The van der Waals surface area contributed by atoms with Gasteiger partial charge >= 0.3 is 6.18 Å². The van der Waals surface area contributed by atoms with Gasteiger partial charge in [-0.15, -0.1) is 22.7 Å². The van der Waals surface area contributed by atoms with E-state index in [0.717, 1.165) is 4.88 Å². The van der Waals surface area contributed by atoms with Crippen molar-refractivity contribution in [1.82, 2.24) is 10.3 Å². The molecule has 0 unspecified atom stereocenters. The molecule has 0 saturated heterocycles. The molecule has 0 aliphatic rings. The molecule has 0 atom stereocenters. The number of hydrogen-bond donors (Lipinski definition) is 1. The van der Waals surface area contributed by atoms with Gasteiger partial charge in [-0.25, -0.2) is 4.98 Å². The first kappa shape index (κ1) is 15.0. The lowest BCUT2D eigenvalue weighted by Gasteiger charge is -2.02. The van der Waals surface area contributed by atoms with Crippen molar-refractivity contribution >= 4 is 28.6 Å². The number of carbonyl (C=O) groups is 1. The van der Waals surface area contributed by atoms with Crippen LogP contribution in [0.1, 0.15) is 25.3 Å². The summed E-state index contributed by atoms with van der Waals surface area (Å²) in [7, 11) is 0. The first-order chi connectivity index (χ1) is 9.38. The van der Waals surface area contributed by atoms with E-state index >= 15 is 0 Å². The maximum Gasteiger partial charge on any atom is 0.443 e. The second-order valence-corrected chi connectivity index (χ2v) is 6.05. The van der Waals surface area contributed by atoms with Gasteiger partial charge < -0.3 is 5.32 Å². The molecule has 3 nitrogen and oxygen atoms in total. The van der Waals surface area contributed by atoms with E-state index in [0.29, 0.717) is 24.3 Å². The van der Waals surface area contributed by atoms with Crippen LogP contribution in [0.2, 0.25) is 0 Å². The Morgan fingerprint density at radius 1 is 1.45 bits per heavy atom. The molecule has 2 rings (SSSR count). The van der Waals surface area contributed by atoms with Crippen LogP contribution in [-0.2, 0) is 12.6 Å². The molecule has 0 spiro atoms. The first-order valence-corrected chi connectivity index (χ1v) is 7.42. The average Bonchev–Trinajstić information content (AvgIpc) is 2.97. The number of nitrogens with one attached hydrogen (secondary N) is 1. The Labute approximate surface area is 121 Å². The molecule has 2 aromatic heterocycles. The summed E-state index contributed by atoms with van der Waals surface area (Å²) in [5, 5.41) is 3.56. The molecule has 0 bridgehead atoms. The molecule has 2 aromatic rings. The Bertz CT molecular complexity index is 590. The van der Waals surface area contributed by atoms with Crippen molar-refractivity contribution in [3.63, 3.8) is 0 Å². The van der Waals surface area contributed by atoms with Crippen LogP contribution in [-0.4, -0.2) is 17.4 Å². The minimum absolute atomic E-state index is 0.0171. The zero-order valence-corrected chi connectivity index (χ0v) is 12.1. The summed E-state index contributed by atoms with van der Waals surface area (Å²) in [5.41, 5.74) is 0.107. The van der Waals surface area contributed by atoms with Crippen LogP contribution in [0.4, 0.5) is 13.2 Å². The number of halogens is 3. The number of aromatic nitrogens is 1. The molecule has 0 radical (unpaired) electrons. The minimum Gasteiger partial charge on any atom is -0.351 e. The van der Waals surface area contributed by atoms with Crippen LogP contribution < -0.4 is 5.32 Å². The molecular formula is C12H11F3N2OS2. The van der Waals surface area contributed by atoms with E-state index in [-0.39, 0.29) is 10.6 Å². The number of thiazole rings is 1. The fourth-order valence-electron chi connectivity index (χ4n) is 1.56. The van der Waals surface area contributed by atoms with Gasteiger partial charge in [-0.1, -0.05) is 6.07 Å². The zero-order valence-electron chi connectivity index (χ0n) is 10.5. The molecule has 108 valence electrons. The molecule has 0 fully saturated rings. The van der Waals surface area contributed by atoms with E-state index in [1.165, 1.54) is 6.92 Å². The quantitative estimate of drug-likeness (QED) is 0.937. The molecule has 0 aliphatic heterocycles. The lowest BCUT2D eigenvalue weighted by atomic mass is 10.3. The van der Waals surface area contributed by atoms with Gasteiger partial charge in [0, 0.05) is 11.4 Å². The number of thiophene rings is 1. The number of aryl methyl sites for hydroxylation is 1. The summed E-state index contributed by atoms with van der Waals surface area (Å²) in [6, 6.07) is 3.85. The third kappa shape index (κ3) is 3.57. The van der Waals surface area contributed by atoms with Gasteiger partial charge in [0.25, 0.3) is 5.91 Å². The highest BCUT2D eigenvalue weighted by Gasteiger charge is 2.36. The Morgan fingerprint density at radius 3 is 2.75 bits per heavy atom. The van der Waals surface area contributed by atoms with Crippen molar-refractivity contribution in [2.45, 2.75) is 19.5 Å². The van der Waals surface area contributed by atoms with Crippen molar-refractivity contribution in [2.75, 3.05) is 6.54 Å². The van der Waals surface area contributed by atoms with Crippen LogP contribution in [0.25, 0.3) is 0 Å². The van der Waals surface area contributed by atoms with Crippen molar-refractivity contribution in [3.05, 3.63) is 38.0 Å². The van der Waals surface area contributed by atoms with Gasteiger partial charge in [-0.2, -0.15) is 13.2 Å². The van der Waals surface area contributed by atoms with Crippen molar-refractivity contribution in [2.24, 2.45) is 0 Å². The van der Waals surface area contributed by atoms with Gasteiger partial charge in [0.2, 0.25) is 0 Å². The van der Waals surface area contributed by atoms with E-state index in [1.807, 2.05) is 17.5 Å². The van der Waals surface area contributed by atoms with Gasteiger partial charge in [0.05, 0.1) is 5.69 Å². The van der Waals surface area contributed by atoms with Gasteiger partial charge in [0.15, 0.2) is 5.01 Å². The molecule has 0 saturated carbocycles. The molecule has 0 aromatic carbocycles. The lowest BCUT2D eigenvalue weighted by Crippen LogP contribution is -2.25. The Balaban J connectivity index is 1.97. The van der Waals surface area contributed by atoms with Crippen LogP contribution in [0, 0.1) is 6.92 Å². The number of hydrogen-bond acceptors (Lipinski definition) is 4. The van der Waals surface area contributed by atoms with Crippen molar-refractivity contribution in [1.29, 1.82) is 0 Å². The first-order valence-electron chi connectivity index (χ1n) is 5.73. The minimum atomic E-state index is -4.51. The molecular weight excluding hydrogens is 309 g/mol. The van der Waals surface area contributed by atoms with Crippen molar-refractivity contribution in [3.8, 4) is 0 Å². The topological polar surface area (TPSA) is 42.0 Å². The summed E-state index contributed by atoms with van der Waals surface area (Å²) < 4.78 is 37.5. The van der Waals surface area contributed by atoms with E-state index in [4.69, 9.17) is 0 Å². The molecule has 1 amide bonds. The number of carbonyl (C=O) groups excluding carboxylic acids is 1. The zero-order chi connectivity index (χ0) is 14.8. The second-order valence-electron chi connectivity index (χ2n) is 4.02. The Hall–Kier alpha value is -1.41. The summed E-state index contributed by atoms with van der Waals surface area (Å²) in [4.78, 5) is 16.4. The standard InChI is InChI=1S/C12H11F3N2OS2/c1-7-9(20-11(17-7)12(13,14)15)10(18)16-5-4-8-3-2-6-19-8/h2-3,6H,4-5H2,1H3,(H,16,18). The highest BCUT2D eigenvalue weighted by Crippen LogP contribution is 2.33. The molecule has 0 aliphatic carbocycles. The maximum atomic E-state index is 12.5. The van der Waals surface area contributed by atoms with E-state index in [1.54, 1.807) is 11.3 Å². The molecule has 20 heavy (non-hydrogen) atoms. The number of nitrogens with zero attached hydrogens (tertiary/aromatic N) is 1. The molecule has 1 N–H and O–H groups in total. The lowest BCUT2D eigenvalue weighted by molar-refractivity contribution is -0.137. The fraction of sp³-hybridized carbons (Fsp3) is 0.333. The number of alkyl halides is 3. The largest absolute Gasteiger partial charge is 0.443 e. The van der Waals surface area contributed by atoms with Gasteiger partial charge in [-0.3, -0.25) is 4.79 Å². The summed E-state index contributed by atoms with van der Waals surface area (Å²) in [5.74, 6) is -0.507. The predicted molar refractivity (Wildman–Crippen MR) is 72.2 cm³/mol. The summed E-state index contributed by atoms with van der Waals surface area (Å²) >= 11 is 1.95. The highest BCUT2D eigenvalue weighted by atomic mass is 32.1. The van der Waals surface area contributed by atoms with Crippen LogP contribution in [0.3, 0.4) is 0 Å². The molecule has 8 heteroatoms. The van der Waals surface area contributed by atoms with E-state index in [9.17, 15) is 18.0 Å². The molecule has 2 heterocycles. The summed E-state index contributed by atoms with van der Waals surface area (Å²) in [6.45, 7) is 1.79. The van der Waals surface area contributed by atoms with E-state index < -0.39 is 17.1 Å². The van der Waals surface area contributed by atoms with Crippen LogP contribution >= 0.6 is 22.7 Å². The van der Waals surface area contributed by atoms with Gasteiger partial charge in [-0.05, 0) is 24.8 Å². The van der Waals surface area contributed by atoms with E-state index in [2.05, 4.69) is 10.3 Å². The number of amides is 1. The normalized spacial score (nSPS) is 11.6. The smallest absolute Gasteiger partial charge is 0.351 e. The predicted octanol–water partition coefficient (Wildman–Crippen LogP) is 3.50. The summed E-state index contributed by atoms with van der Waals surface area (Å²) in [6.07, 6.45) is -3.85. The Morgan fingerprint density at radius 2 is 2.20 bits per heavy atom. The average molecular weight is 320 g/mol. The van der Waals surface area contributed by atoms with Crippen molar-refractivity contribution < 1.29 is 18.0 Å². The fourth-order valence-corrected chi connectivity index (χ4v) is 3.12. The van der Waals surface area contributed by atoms with Crippen LogP contribution in [0.15, 0.2) is 17.5 Å². The second kappa shape index (κ2) is 5.92. The third-order valence-electron chi connectivity index (χ3n) is 2.48. The third-order valence-corrected chi connectivity index (χ3v) is 4.62. The Kier molecular flexibility index (Phi) is 4.44. The monoisotopic (exact) mass is 320 g/mol. The van der Waals surface area contributed by atoms with Crippen LogP contribution in [0.5, 0.6) is 0 Å². The number of rotatable bonds is 4. The highest BCUT2D eigenvalue weighted by molar-refractivity contribution is 7.14. The van der Waals surface area contributed by atoms with Gasteiger partial charge in [0.1, 0.15) is 4.88 Å². The maximum absolute atomic E-state index is 12.5. The SMILES string of the molecule is Cc1nc(C(F)(F)F)sc1C(=O)NCCc1cccs1.